The van der Waals surface area contributed by atoms with Gasteiger partial charge in [-0.05, 0) is 56.4 Å². The average Bonchev–Trinajstić information content (AvgIpc) is 3.58. The molecule has 1 aliphatic carbocycles. The number of alkyl halides is 5. The first-order valence-electron chi connectivity index (χ1n) is 13.0. The molecule has 206 valence electrons. The van der Waals surface area contributed by atoms with Gasteiger partial charge in [-0.3, -0.25) is 4.79 Å². The third-order valence-electron chi connectivity index (χ3n) is 8.78. The van der Waals surface area contributed by atoms with Crippen LogP contribution in [0.3, 0.4) is 0 Å². The Labute approximate surface area is 212 Å². The second-order valence-electron chi connectivity index (χ2n) is 11.0. The summed E-state index contributed by atoms with van der Waals surface area (Å²) in [5, 5.41) is 0. The van der Waals surface area contributed by atoms with Crippen LogP contribution in [0.5, 0.6) is 0 Å². The number of carbonyl (C=O) groups is 1. The van der Waals surface area contributed by atoms with E-state index in [1.54, 1.807) is 16.9 Å². The molecule has 4 aliphatic rings. The maximum Gasteiger partial charge on any atom is 0.451 e. The van der Waals surface area contributed by atoms with Gasteiger partial charge in [-0.25, -0.2) is 18.7 Å². The van der Waals surface area contributed by atoms with E-state index in [4.69, 9.17) is 9.47 Å². The topological polar surface area (TPSA) is 67.8 Å². The van der Waals surface area contributed by atoms with Crippen molar-refractivity contribution in [1.29, 1.82) is 0 Å². The molecule has 3 aliphatic heterocycles. The largest absolute Gasteiger partial charge is 0.451 e. The lowest BCUT2D eigenvalue weighted by atomic mass is 9.78. The van der Waals surface area contributed by atoms with Crippen molar-refractivity contribution in [1.82, 2.24) is 14.9 Å². The number of fused-ring (bicyclic) bond motifs is 2. The fourth-order valence-corrected chi connectivity index (χ4v) is 7.06. The Balaban J connectivity index is 1.27. The highest BCUT2D eigenvalue weighted by Gasteiger charge is 2.54. The SMILES string of the molecule is CO[C@@H]1COCC[C@@H]1C[C@H]1CC[C@](CC(F)F)(C(=O)N2C[C@@H]3C[C@H]2CN3c2ccnc(C(F)(F)F)n2)C1. The van der Waals surface area contributed by atoms with Crippen molar-refractivity contribution in [2.75, 3.05) is 38.3 Å². The van der Waals surface area contributed by atoms with Crippen LogP contribution in [-0.2, 0) is 20.4 Å². The summed E-state index contributed by atoms with van der Waals surface area (Å²) in [6, 6.07) is 1.00. The highest BCUT2D eigenvalue weighted by atomic mass is 19.4. The number of methoxy groups -OCH3 is 1. The van der Waals surface area contributed by atoms with Crippen molar-refractivity contribution in [3.05, 3.63) is 18.1 Å². The second-order valence-corrected chi connectivity index (χ2v) is 11.0. The second kappa shape index (κ2) is 10.2. The number of amides is 1. The van der Waals surface area contributed by atoms with E-state index in [1.165, 1.54) is 6.07 Å². The van der Waals surface area contributed by atoms with Crippen LogP contribution in [0.15, 0.2) is 12.3 Å². The average molecular weight is 533 g/mol. The maximum absolute atomic E-state index is 13.8. The number of hydrogen-bond acceptors (Lipinski definition) is 6. The molecular formula is C25H33F5N4O3. The molecule has 7 nitrogen and oxygen atoms in total. The molecule has 3 saturated heterocycles. The Bertz CT molecular complexity index is 982. The number of hydrogen-bond donors (Lipinski definition) is 0. The van der Waals surface area contributed by atoms with E-state index in [0.29, 0.717) is 45.6 Å². The Morgan fingerprint density at radius 3 is 2.76 bits per heavy atom. The van der Waals surface area contributed by atoms with E-state index in [0.717, 1.165) is 25.5 Å². The monoisotopic (exact) mass is 532 g/mol. The predicted octanol–water partition coefficient (Wildman–Crippen LogP) is 4.17. The van der Waals surface area contributed by atoms with E-state index in [9.17, 15) is 26.7 Å². The minimum atomic E-state index is -4.65. The Morgan fingerprint density at radius 2 is 2.08 bits per heavy atom. The third kappa shape index (κ3) is 5.28. The molecular weight excluding hydrogens is 499 g/mol. The summed E-state index contributed by atoms with van der Waals surface area (Å²) in [6.45, 7) is 1.81. The summed E-state index contributed by atoms with van der Waals surface area (Å²) in [7, 11) is 1.66. The van der Waals surface area contributed by atoms with E-state index in [1.807, 2.05) is 0 Å². The number of anilines is 1. The minimum absolute atomic E-state index is 0.0190. The molecule has 0 unspecified atom stereocenters. The van der Waals surface area contributed by atoms with E-state index >= 15 is 0 Å². The number of rotatable bonds is 7. The number of nitrogens with zero attached hydrogens (tertiary/aromatic N) is 4. The first-order chi connectivity index (χ1) is 17.6. The van der Waals surface area contributed by atoms with Crippen molar-refractivity contribution in [2.24, 2.45) is 17.3 Å². The van der Waals surface area contributed by atoms with Crippen molar-refractivity contribution in [2.45, 2.75) is 75.7 Å². The first kappa shape index (κ1) is 26.5. The highest BCUT2D eigenvalue weighted by molar-refractivity contribution is 5.84. The Hall–Kier alpha value is -2.08. The molecule has 1 saturated carbocycles. The number of ether oxygens (including phenoxy) is 2. The van der Waals surface area contributed by atoms with Crippen molar-refractivity contribution < 1.29 is 36.2 Å². The number of halogens is 5. The van der Waals surface area contributed by atoms with Gasteiger partial charge in [-0.2, -0.15) is 13.2 Å². The summed E-state index contributed by atoms with van der Waals surface area (Å²) in [4.78, 5) is 24.3. The molecule has 1 aromatic heterocycles. The van der Waals surface area contributed by atoms with E-state index in [2.05, 4.69) is 9.97 Å². The molecule has 12 heteroatoms. The van der Waals surface area contributed by atoms with E-state index < -0.39 is 30.3 Å². The molecule has 1 aromatic rings. The molecule has 37 heavy (non-hydrogen) atoms. The number of likely N-dealkylation sites (tertiary alicyclic amines) is 1. The van der Waals surface area contributed by atoms with Gasteiger partial charge in [0.15, 0.2) is 0 Å². The lowest BCUT2D eigenvalue weighted by Gasteiger charge is -2.40. The van der Waals surface area contributed by atoms with Crippen LogP contribution in [0.4, 0.5) is 27.8 Å². The molecule has 6 atom stereocenters. The van der Waals surface area contributed by atoms with Crippen LogP contribution in [0, 0.1) is 17.3 Å². The quantitative estimate of drug-likeness (QED) is 0.492. The fraction of sp³-hybridized carbons (Fsp3) is 0.800. The zero-order valence-electron chi connectivity index (χ0n) is 20.8. The number of carbonyl (C=O) groups excluding carboxylic acids is 1. The zero-order chi connectivity index (χ0) is 26.4. The van der Waals surface area contributed by atoms with Crippen molar-refractivity contribution >= 4 is 11.7 Å². The summed E-state index contributed by atoms with van der Waals surface area (Å²) in [6.07, 6.45) is -2.76. The summed E-state index contributed by atoms with van der Waals surface area (Å²) in [5.41, 5.74) is -1.10. The molecule has 4 heterocycles. The van der Waals surface area contributed by atoms with Gasteiger partial charge in [0, 0.05) is 39.4 Å². The molecule has 0 radical (unpaired) electrons. The van der Waals surface area contributed by atoms with Crippen LogP contribution in [-0.4, -0.2) is 78.8 Å². The van der Waals surface area contributed by atoms with Crippen LogP contribution in [0.25, 0.3) is 0 Å². The van der Waals surface area contributed by atoms with Gasteiger partial charge in [0.1, 0.15) is 5.82 Å². The molecule has 0 spiro atoms. The van der Waals surface area contributed by atoms with Gasteiger partial charge < -0.3 is 19.3 Å². The van der Waals surface area contributed by atoms with Crippen molar-refractivity contribution in [3.63, 3.8) is 0 Å². The van der Waals surface area contributed by atoms with Crippen LogP contribution in [0.1, 0.15) is 50.8 Å². The fourth-order valence-electron chi connectivity index (χ4n) is 7.06. The van der Waals surface area contributed by atoms with Crippen molar-refractivity contribution in [3.8, 4) is 0 Å². The highest BCUT2D eigenvalue weighted by Crippen LogP contribution is 2.51. The summed E-state index contributed by atoms with van der Waals surface area (Å²) < 4.78 is 77.8. The standard InChI is InChI=1S/C25H33F5N4O3/c1-36-19-14-37-7-4-16(19)8-15-2-5-24(10-15,11-20(26)27)23(35)34-13-17-9-18(34)12-33(17)21-3-6-31-22(32-21)25(28,29)30/h3,6,15-20H,2,4-5,7-14H2,1H3/t15-,16-,17+,18+,19-,24+/m1/s1. The Morgan fingerprint density at radius 1 is 1.27 bits per heavy atom. The lowest BCUT2D eigenvalue weighted by molar-refractivity contribution is -0.146. The van der Waals surface area contributed by atoms with Crippen LogP contribution in [0.2, 0.25) is 0 Å². The molecule has 5 rings (SSSR count). The number of aromatic nitrogens is 2. The summed E-state index contributed by atoms with van der Waals surface area (Å²) >= 11 is 0. The summed E-state index contributed by atoms with van der Waals surface area (Å²) in [5.74, 6) is -0.798. The van der Waals surface area contributed by atoms with Gasteiger partial charge in [0.05, 0.1) is 30.2 Å². The Kier molecular flexibility index (Phi) is 7.34. The molecule has 0 N–H and O–H groups in total. The predicted molar refractivity (Wildman–Crippen MR) is 123 cm³/mol. The van der Waals surface area contributed by atoms with Crippen LogP contribution < -0.4 is 4.90 Å². The molecule has 1 amide bonds. The third-order valence-corrected chi connectivity index (χ3v) is 8.78. The van der Waals surface area contributed by atoms with Gasteiger partial charge >= 0.3 is 6.18 Å². The normalized spacial score (nSPS) is 34.1. The first-order valence-corrected chi connectivity index (χ1v) is 13.0. The molecule has 2 bridgehead atoms. The minimum Gasteiger partial charge on any atom is -0.379 e. The maximum atomic E-state index is 13.8. The number of piperazine rings is 1. The van der Waals surface area contributed by atoms with Gasteiger partial charge in [0.2, 0.25) is 18.2 Å². The van der Waals surface area contributed by atoms with Gasteiger partial charge in [-0.1, -0.05) is 0 Å². The lowest BCUT2D eigenvalue weighted by Crippen LogP contribution is -2.53. The molecule has 0 aromatic carbocycles. The molecule has 4 fully saturated rings. The van der Waals surface area contributed by atoms with Crippen LogP contribution >= 0.6 is 0 Å². The van der Waals surface area contributed by atoms with Gasteiger partial charge in [0.25, 0.3) is 0 Å². The smallest absolute Gasteiger partial charge is 0.379 e. The van der Waals surface area contributed by atoms with E-state index in [-0.39, 0.29) is 41.7 Å². The zero-order valence-corrected chi connectivity index (χ0v) is 20.8. The van der Waals surface area contributed by atoms with Gasteiger partial charge in [-0.15, -0.1) is 0 Å².